The van der Waals surface area contributed by atoms with Crippen LogP contribution in [0.25, 0.3) is 16.6 Å². The van der Waals surface area contributed by atoms with Gasteiger partial charge in [-0.25, -0.2) is 14.5 Å². The van der Waals surface area contributed by atoms with Crippen molar-refractivity contribution in [3.63, 3.8) is 0 Å². The summed E-state index contributed by atoms with van der Waals surface area (Å²) in [5.41, 5.74) is 12.5. The Morgan fingerprint density at radius 3 is 2.69 bits per heavy atom. The van der Waals surface area contributed by atoms with Crippen LogP contribution in [-0.4, -0.2) is 48.0 Å². The number of aromatic nitrogens is 3. The number of anilines is 1. The molecule has 1 aliphatic heterocycles. The molecular weight excluding hydrogens is 547 g/mol. The molecule has 1 fully saturated rings. The zero-order valence-electron chi connectivity index (χ0n) is 25.6. The Morgan fingerprint density at radius 2 is 2.02 bits per heavy atom. The zero-order chi connectivity index (χ0) is 30.2. The lowest BCUT2D eigenvalue weighted by Crippen LogP contribution is -2.43. The zero-order valence-corrected chi connectivity index (χ0v) is 26.6. The highest BCUT2D eigenvalue weighted by molar-refractivity contribution is 6.74. The first-order chi connectivity index (χ1) is 19.9. The number of halogens is 1. The minimum Gasteiger partial charge on any atom is -0.543 e. The number of hydrogen-bond donors (Lipinski definition) is 2. The van der Waals surface area contributed by atoms with Crippen LogP contribution in [-0.2, 0) is 11.2 Å². The Balaban J connectivity index is 1.55. The molecule has 8 nitrogen and oxygen atoms in total. The molecule has 4 heterocycles. The number of benzene rings is 1. The van der Waals surface area contributed by atoms with E-state index in [4.69, 9.17) is 19.9 Å². The molecule has 42 heavy (non-hydrogen) atoms. The van der Waals surface area contributed by atoms with Gasteiger partial charge in [-0.3, -0.25) is 0 Å². The highest BCUT2D eigenvalue weighted by atomic mass is 28.4. The second kappa shape index (κ2) is 11.5. The standard InChI is InChI=1S/C32H41FN6O2Si/c1-8-21-15-24(41-42(6,7)32(3,4)5)10-12-27(21)38-31(34)26-17-35-39-18-22(25-11-9-20(2)36-30(25)33)16-28(39)29(26)37-23-13-14-40-19-23/h9-12,15-18,23,37H,8,13-14,19H2,1-7H3,(H2,34,38)/t23-/m0/s1. The third-order valence-corrected chi connectivity index (χ3v) is 12.7. The van der Waals surface area contributed by atoms with Crippen LogP contribution >= 0.6 is 0 Å². The van der Waals surface area contributed by atoms with E-state index in [0.29, 0.717) is 41.4 Å². The summed E-state index contributed by atoms with van der Waals surface area (Å²) in [6, 6.07) is 11.6. The Hall–Kier alpha value is -3.76. The lowest BCUT2D eigenvalue weighted by molar-refractivity contribution is 0.195. The van der Waals surface area contributed by atoms with Gasteiger partial charge in [0.25, 0.3) is 0 Å². The molecule has 222 valence electrons. The number of hydrogen-bond acceptors (Lipinski definition) is 6. The molecule has 1 saturated heterocycles. The van der Waals surface area contributed by atoms with Crippen LogP contribution in [0.15, 0.2) is 53.8 Å². The lowest BCUT2D eigenvalue weighted by atomic mass is 10.1. The minimum atomic E-state index is -1.98. The normalized spacial score (nSPS) is 16.3. The van der Waals surface area contributed by atoms with E-state index in [1.54, 1.807) is 36.0 Å². The minimum absolute atomic E-state index is 0.0977. The van der Waals surface area contributed by atoms with Crippen molar-refractivity contribution in [2.45, 2.75) is 71.6 Å². The lowest BCUT2D eigenvalue weighted by Gasteiger charge is -2.36. The summed E-state index contributed by atoms with van der Waals surface area (Å²) in [5, 5.41) is 8.33. The molecule has 1 aromatic carbocycles. The molecule has 4 aromatic rings. The van der Waals surface area contributed by atoms with Gasteiger partial charge in [-0.15, -0.1) is 0 Å². The van der Waals surface area contributed by atoms with E-state index in [0.717, 1.165) is 41.0 Å². The van der Waals surface area contributed by atoms with E-state index < -0.39 is 14.3 Å². The van der Waals surface area contributed by atoms with Crippen LogP contribution < -0.4 is 15.5 Å². The fourth-order valence-electron chi connectivity index (χ4n) is 4.80. The molecule has 1 atom stereocenters. The number of rotatable bonds is 8. The summed E-state index contributed by atoms with van der Waals surface area (Å²) in [6.45, 7) is 16.3. The predicted molar refractivity (Wildman–Crippen MR) is 170 cm³/mol. The van der Waals surface area contributed by atoms with Crippen molar-refractivity contribution in [2.75, 3.05) is 18.5 Å². The largest absolute Gasteiger partial charge is 0.543 e. The maximum Gasteiger partial charge on any atom is 0.250 e. The third-order valence-electron chi connectivity index (χ3n) is 8.34. The highest BCUT2D eigenvalue weighted by Gasteiger charge is 2.39. The number of nitrogens with two attached hydrogens (primary N) is 1. The van der Waals surface area contributed by atoms with Crippen LogP contribution in [0, 0.1) is 12.9 Å². The van der Waals surface area contributed by atoms with E-state index in [2.05, 4.69) is 62.3 Å². The molecule has 0 radical (unpaired) electrons. The van der Waals surface area contributed by atoms with Crippen LogP contribution in [0.4, 0.5) is 15.8 Å². The van der Waals surface area contributed by atoms with Crippen LogP contribution in [0.1, 0.15) is 50.9 Å². The van der Waals surface area contributed by atoms with Crippen molar-refractivity contribution in [2.24, 2.45) is 10.7 Å². The number of nitrogens with zero attached hydrogens (tertiary/aromatic N) is 4. The summed E-state index contributed by atoms with van der Waals surface area (Å²) in [4.78, 5) is 8.87. The van der Waals surface area contributed by atoms with Gasteiger partial charge >= 0.3 is 0 Å². The molecule has 5 rings (SSSR count). The Morgan fingerprint density at radius 1 is 1.24 bits per heavy atom. The van der Waals surface area contributed by atoms with Crippen LogP contribution in [0.5, 0.6) is 5.75 Å². The van der Waals surface area contributed by atoms with E-state index in [1.165, 1.54) is 0 Å². The number of pyridine rings is 1. The first-order valence-corrected chi connectivity index (χ1v) is 17.4. The van der Waals surface area contributed by atoms with Crippen molar-refractivity contribution in [3.8, 4) is 16.9 Å². The monoisotopic (exact) mass is 588 g/mol. The Labute approximate surface area is 248 Å². The van der Waals surface area contributed by atoms with Gasteiger partial charge in [0.1, 0.15) is 11.6 Å². The molecule has 0 unspecified atom stereocenters. The molecule has 0 spiro atoms. The summed E-state index contributed by atoms with van der Waals surface area (Å²) in [6.07, 6.45) is 5.15. The van der Waals surface area contributed by atoms with E-state index >= 15 is 0 Å². The Bertz CT molecular complexity index is 1640. The van der Waals surface area contributed by atoms with Crippen LogP contribution in [0.3, 0.4) is 0 Å². The average Bonchev–Trinajstić information content (AvgIpc) is 3.59. The van der Waals surface area contributed by atoms with Crippen molar-refractivity contribution >= 4 is 31.0 Å². The van der Waals surface area contributed by atoms with Gasteiger partial charge in [0.15, 0.2) is 0 Å². The fourth-order valence-corrected chi connectivity index (χ4v) is 5.82. The third kappa shape index (κ3) is 6.05. The van der Waals surface area contributed by atoms with Crippen molar-refractivity contribution in [3.05, 3.63) is 71.6 Å². The molecule has 0 bridgehead atoms. The van der Waals surface area contributed by atoms with Gasteiger partial charge in [-0.05, 0) is 79.9 Å². The van der Waals surface area contributed by atoms with Crippen molar-refractivity contribution < 1.29 is 13.6 Å². The van der Waals surface area contributed by atoms with Gasteiger partial charge in [-0.2, -0.15) is 9.49 Å². The Kier molecular flexibility index (Phi) is 8.13. The number of amidine groups is 1. The second-order valence-corrected chi connectivity index (χ2v) is 17.2. The molecule has 3 N–H and O–H groups in total. The molecule has 10 heteroatoms. The summed E-state index contributed by atoms with van der Waals surface area (Å²) >= 11 is 0. The molecule has 0 aliphatic carbocycles. The quantitative estimate of drug-likeness (QED) is 0.0993. The number of fused-ring (bicyclic) bond motifs is 1. The number of aliphatic imine (C=N–C) groups is 1. The smallest absolute Gasteiger partial charge is 0.250 e. The summed E-state index contributed by atoms with van der Waals surface area (Å²) in [7, 11) is -1.98. The number of aryl methyl sites for hydroxylation is 2. The maximum absolute atomic E-state index is 14.8. The van der Waals surface area contributed by atoms with E-state index in [9.17, 15) is 4.39 Å². The first-order valence-electron chi connectivity index (χ1n) is 14.5. The maximum atomic E-state index is 14.8. The van der Waals surface area contributed by atoms with Gasteiger partial charge in [0.2, 0.25) is 14.3 Å². The topological polar surface area (TPSA) is 99.1 Å². The SMILES string of the molecule is CCc1cc(O[Si](C)(C)C(C)(C)C)ccc1/N=C(\N)c1cnn2cc(-c3ccc(C)nc3F)cc2c1N[C@H]1CCOC1. The molecule has 0 saturated carbocycles. The highest BCUT2D eigenvalue weighted by Crippen LogP contribution is 2.38. The number of ether oxygens (including phenoxy) is 1. The summed E-state index contributed by atoms with van der Waals surface area (Å²) < 4.78 is 28.7. The fraction of sp³-hybridized carbons (Fsp3) is 0.406. The van der Waals surface area contributed by atoms with Crippen molar-refractivity contribution in [1.29, 1.82) is 0 Å². The van der Waals surface area contributed by atoms with E-state index in [1.807, 2.05) is 18.2 Å². The second-order valence-electron chi connectivity index (χ2n) is 12.5. The molecule has 1 aliphatic rings. The first kappa shape index (κ1) is 29.7. The van der Waals surface area contributed by atoms with Gasteiger partial charge < -0.3 is 20.2 Å². The number of nitrogens with one attached hydrogen (secondary N) is 1. The van der Waals surface area contributed by atoms with Crippen molar-refractivity contribution in [1.82, 2.24) is 14.6 Å². The summed E-state index contributed by atoms with van der Waals surface area (Å²) in [5.74, 6) is 0.685. The molecule has 0 amide bonds. The van der Waals surface area contributed by atoms with Crippen LogP contribution in [0.2, 0.25) is 18.1 Å². The molecular formula is C32H41FN6O2Si. The average molecular weight is 589 g/mol. The van der Waals surface area contributed by atoms with E-state index in [-0.39, 0.29) is 11.1 Å². The predicted octanol–water partition coefficient (Wildman–Crippen LogP) is 7.03. The van der Waals surface area contributed by atoms with Gasteiger partial charge in [0, 0.05) is 29.6 Å². The molecule has 3 aromatic heterocycles. The van der Waals surface area contributed by atoms with Gasteiger partial charge in [-0.1, -0.05) is 27.7 Å². The van der Waals surface area contributed by atoms with Gasteiger partial charge in [0.05, 0.1) is 41.3 Å².